The number of amides is 10. The van der Waals surface area contributed by atoms with Crippen molar-refractivity contribution in [2.75, 3.05) is 47.4 Å². The molecule has 2 saturated heterocycles. The van der Waals surface area contributed by atoms with Crippen LogP contribution in [0.4, 0.5) is 9.59 Å². The van der Waals surface area contributed by atoms with Gasteiger partial charge in [0.2, 0.25) is 35.4 Å². The largest absolute Gasteiger partial charge is 0.468 e. The van der Waals surface area contributed by atoms with E-state index in [2.05, 4.69) is 94.0 Å². The summed E-state index contributed by atoms with van der Waals surface area (Å²) in [6.45, 7) is 19.6. The predicted octanol–water partition coefficient (Wildman–Crippen LogP) is 5.72. The Morgan fingerprint density at radius 3 is 1.45 bits per heavy atom. The highest BCUT2D eigenvalue weighted by atomic mass is 16.6. The molecule has 0 bridgehead atoms. The molecule has 27 heteroatoms. The fourth-order valence-electron chi connectivity index (χ4n) is 14.2. The Bertz CT molecular complexity index is 3120. The number of aliphatic hydroxyl groups is 1. The first-order valence-electron chi connectivity index (χ1n) is 35.5. The molecule has 8 N–H and O–H groups in total. The van der Waals surface area contributed by atoms with Crippen molar-refractivity contribution in [1.82, 2.24) is 51.9 Å². The number of methoxy groups -OCH3 is 1. The number of fused-ring (bicyclic) bond motifs is 6. The maximum absolute atomic E-state index is 14.2. The van der Waals surface area contributed by atoms with E-state index in [0.29, 0.717) is 63.6 Å². The molecule has 7 rings (SSSR count). The molecule has 1 aromatic carbocycles. The Balaban J connectivity index is 0.000000319. The highest BCUT2D eigenvalue weighted by Gasteiger charge is 2.71. The Morgan fingerprint density at radius 1 is 0.610 bits per heavy atom. The summed E-state index contributed by atoms with van der Waals surface area (Å²) in [6, 6.07) is 2.29. The number of benzene rings is 1. The van der Waals surface area contributed by atoms with Crippen LogP contribution in [-0.2, 0) is 66.9 Å². The zero-order valence-electron chi connectivity index (χ0n) is 61.2. The smallest absolute Gasteiger partial charge is 0.408 e. The SMILES string of the molecule is CN(C)C(=O)[C@@H](NC(=O)CNC(=O)C(O)[C@@H]1CCCCC=CCCCC[C@H](NC(=O)OC(C)(C)C)C(=O)N2C[C@H]3[C@@H]([C@H]2C(=O)N1)C3(C)C)c1ccccc1.COC(=O)CNC(=O)C(OC(C)=O)[C@@H]1CCCCC=CCCCC[C@H](NC(=O)OC(C)(C)C)C(=O)N2C[C@H]3[C@@H]([C@H]2C(=O)N1)C3(C)C. The molecule has 100 heavy (non-hydrogen) atoms. The lowest BCUT2D eigenvalue weighted by Crippen LogP contribution is -2.59. The molecule has 2 saturated carbocycles. The maximum atomic E-state index is 14.2. The number of piperidine rings is 2. The van der Waals surface area contributed by atoms with Crippen LogP contribution in [0, 0.1) is 34.5 Å². The highest BCUT2D eigenvalue weighted by molar-refractivity contribution is 5.96. The Labute approximate surface area is 589 Å². The van der Waals surface area contributed by atoms with Crippen LogP contribution in [0.2, 0.25) is 0 Å². The monoisotopic (exact) mass is 1400 g/mol. The minimum Gasteiger partial charge on any atom is -0.468 e. The number of esters is 2. The summed E-state index contributed by atoms with van der Waals surface area (Å²) in [7, 11) is 4.34. The number of likely N-dealkylation sites (N-methyl/N-ethyl adjacent to an activating group) is 1. The van der Waals surface area contributed by atoms with Crippen LogP contribution in [0.5, 0.6) is 0 Å². The summed E-state index contributed by atoms with van der Waals surface area (Å²) in [5, 5.41) is 30.3. The lowest BCUT2D eigenvalue weighted by atomic mass is 9.97. The first-order valence-corrected chi connectivity index (χ1v) is 35.5. The second-order valence-electron chi connectivity index (χ2n) is 30.6. The van der Waals surface area contributed by atoms with Gasteiger partial charge < -0.3 is 76.0 Å². The summed E-state index contributed by atoms with van der Waals surface area (Å²) < 4.78 is 21.0. The Kier molecular flexibility index (Phi) is 29.1. The van der Waals surface area contributed by atoms with Gasteiger partial charge in [0.1, 0.15) is 48.0 Å². The van der Waals surface area contributed by atoms with Crippen LogP contribution in [0.1, 0.15) is 190 Å². The summed E-state index contributed by atoms with van der Waals surface area (Å²) in [5.41, 5.74) is -1.35. The number of hydrogen-bond acceptors (Lipinski definition) is 17. The van der Waals surface area contributed by atoms with Gasteiger partial charge in [-0.15, -0.1) is 0 Å². The number of hydrogen-bond donors (Lipinski definition) is 8. The van der Waals surface area contributed by atoms with Crippen LogP contribution >= 0.6 is 0 Å². The van der Waals surface area contributed by atoms with Gasteiger partial charge in [-0.2, -0.15) is 0 Å². The molecule has 6 aliphatic rings. The molecule has 10 amide bonds. The molecule has 4 fully saturated rings. The molecule has 0 radical (unpaired) electrons. The second kappa shape index (κ2) is 36.0. The molecule has 27 nitrogen and oxygen atoms in total. The highest BCUT2D eigenvalue weighted by Crippen LogP contribution is 2.66. The Hall–Kier alpha value is -8.10. The number of ether oxygens (including phenoxy) is 4. The van der Waals surface area contributed by atoms with E-state index < -0.39 is 132 Å². The zero-order chi connectivity index (χ0) is 74.0. The van der Waals surface area contributed by atoms with Crippen LogP contribution in [0.15, 0.2) is 54.6 Å². The number of carbonyl (C=O) groups excluding carboxylic acids is 12. The van der Waals surface area contributed by atoms with Crippen molar-refractivity contribution in [2.24, 2.45) is 34.5 Å². The molecule has 2 unspecified atom stereocenters. The normalized spacial score (nSPS) is 26.6. The molecule has 2 aliphatic carbocycles. The van der Waals surface area contributed by atoms with Gasteiger partial charge >= 0.3 is 24.1 Å². The van der Waals surface area contributed by atoms with Crippen molar-refractivity contribution >= 4 is 71.4 Å². The van der Waals surface area contributed by atoms with Gasteiger partial charge in [-0.1, -0.05) is 108 Å². The van der Waals surface area contributed by atoms with E-state index in [-0.39, 0.29) is 58.6 Å². The Morgan fingerprint density at radius 2 is 1.03 bits per heavy atom. The van der Waals surface area contributed by atoms with Gasteiger partial charge in [0.15, 0.2) is 12.2 Å². The van der Waals surface area contributed by atoms with Crippen LogP contribution in [0.25, 0.3) is 0 Å². The van der Waals surface area contributed by atoms with Crippen LogP contribution < -0.4 is 37.2 Å². The van der Waals surface area contributed by atoms with Crippen molar-refractivity contribution in [3.8, 4) is 0 Å². The van der Waals surface area contributed by atoms with Gasteiger partial charge in [-0.05, 0) is 159 Å². The lowest BCUT2D eigenvalue weighted by Gasteiger charge is -2.35. The van der Waals surface area contributed by atoms with Crippen molar-refractivity contribution in [1.29, 1.82) is 0 Å². The van der Waals surface area contributed by atoms with Crippen molar-refractivity contribution in [3.05, 3.63) is 60.2 Å². The standard InChI is InChI=1S/C40H60N6O8.C33H52N4O9/c1-39(2,3)54-38(53)43-28-22-18-13-11-9-8-10-12-17-21-27(42-34(49)32-30-26(40(30,4)5)24-46(32)36(28)51)33(48)35(50)41-23-29(47)44-31(37(52)45(6)7)25-19-15-14-16-20-25;1-20(38)45-27(29(41)34-18-24(39)44-7)22-16-14-12-10-8-9-11-13-15-17-23(36-31(43)46-32(2,3)4)30(42)37-19-21-25(33(21,5)6)26(37)28(40)35-22/h8-9,14-16,19-20,26-28,30-33,48H,10-13,17-18,21-24H2,1-7H3,(H,41,50)(H,42,49)(H,43,53)(H,44,47);8-9,21-23,25-27H,10-19H2,1-7H3,(H,34,41)(H,35,40)(H,36,43)/t26-,27-,28-,30-,31-,32-,33?;21-,22-,23-,25-,26-,27?/m00/s1. The number of nitrogens with zero attached hydrogens (tertiary/aromatic N) is 3. The van der Waals surface area contributed by atoms with Crippen LogP contribution in [-0.4, -0.2) is 198 Å². The van der Waals surface area contributed by atoms with Crippen molar-refractivity contribution < 1.29 is 81.6 Å². The van der Waals surface area contributed by atoms with Gasteiger partial charge in [-0.25, -0.2) is 9.59 Å². The summed E-state index contributed by atoms with van der Waals surface area (Å²) >= 11 is 0. The van der Waals surface area contributed by atoms with E-state index in [1.165, 1.54) is 12.0 Å². The van der Waals surface area contributed by atoms with Crippen molar-refractivity contribution in [3.63, 3.8) is 0 Å². The first-order chi connectivity index (χ1) is 47.0. The number of aliphatic hydroxyl groups excluding tert-OH is 1. The van der Waals surface area contributed by atoms with Gasteiger partial charge in [0, 0.05) is 34.1 Å². The lowest BCUT2D eigenvalue weighted by molar-refractivity contribution is -0.157. The van der Waals surface area contributed by atoms with E-state index in [4.69, 9.17) is 14.2 Å². The molecular formula is C73H112N10O17. The van der Waals surface area contributed by atoms with E-state index in [0.717, 1.165) is 58.3 Å². The molecule has 4 heterocycles. The summed E-state index contributed by atoms with van der Waals surface area (Å²) in [6.07, 6.45) is 14.0. The molecule has 556 valence electrons. The van der Waals surface area contributed by atoms with Gasteiger partial charge in [-0.3, -0.25) is 47.9 Å². The molecular weight excluding hydrogens is 1290 g/mol. The van der Waals surface area contributed by atoms with Crippen molar-refractivity contribution in [2.45, 2.75) is 245 Å². The molecule has 4 aliphatic heterocycles. The third-order valence-electron chi connectivity index (χ3n) is 19.7. The fraction of sp³-hybridized carbons (Fsp3) is 0.699. The minimum atomic E-state index is -1.71. The van der Waals surface area contributed by atoms with E-state index in [1.54, 1.807) is 95.8 Å². The second-order valence-corrected chi connectivity index (χ2v) is 30.6. The third-order valence-corrected chi connectivity index (χ3v) is 19.7. The number of alkyl carbamates (subject to hydrolysis) is 2. The van der Waals surface area contributed by atoms with Crippen LogP contribution in [0.3, 0.4) is 0 Å². The topological polar surface area (TPSA) is 356 Å². The maximum Gasteiger partial charge on any atom is 0.408 e. The predicted molar refractivity (Wildman–Crippen MR) is 370 cm³/mol. The molecule has 13 atom stereocenters. The van der Waals surface area contributed by atoms with Gasteiger partial charge in [0.25, 0.3) is 11.8 Å². The third kappa shape index (κ3) is 23.0. The number of allylic oxidation sites excluding steroid dienone is 4. The molecule has 1 aromatic rings. The zero-order valence-corrected chi connectivity index (χ0v) is 61.2. The molecule has 0 spiro atoms. The van der Waals surface area contributed by atoms with E-state index in [9.17, 15) is 62.6 Å². The number of rotatable bonds is 14. The number of carbonyl (C=O) groups is 12. The number of nitrogens with one attached hydrogen (secondary N) is 7. The fourth-order valence-corrected chi connectivity index (χ4v) is 14.2. The quantitative estimate of drug-likeness (QED) is 0.0627. The molecule has 0 aromatic heterocycles. The first kappa shape index (κ1) is 80.9. The summed E-state index contributed by atoms with van der Waals surface area (Å²) in [4.78, 5) is 163. The van der Waals surface area contributed by atoms with E-state index in [1.807, 2.05) is 0 Å². The van der Waals surface area contributed by atoms with Gasteiger partial charge in [0.05, 0.1) is 25.7 Å². The average Bonchev–Trinajstić information content (AvgIpc) is 1.53. The average molecular weight is 1400 g/mol. The minimum absolute atomic E-state index is 0.0689. The summed E-state index contributed by atoms with van der Waals surface area (Å²) in [5.74, 6) is -5.82. The van der Waals surface area contributed by atoms with E-state index >= 15 is 0 Å².